The first kappa shape index (κ1) is 14.4. The van der Waals surface area contributed by atoms with Crippen LogP contribution < -0.4 is 10.2 Å². The van der Waals surface area contributed by atoms with Gasteiger partial charge in [0.05, 0.1) is 0 Å². The van der Waals surface area contributed by atoms with Crippen LogP contribution in [0.3, 0.4) is 0 Å². The highest BCUT2D eigenvalue weighted by atomic mass is 16.3. The SMILES string of the molecule is Cc1cc(NC(=O)C2(O)CCCC2)ccc1N1CCCC1. The van der Waals surface area contributed by atoms with Crippen LogP contribution >= 0.6 is 0 Å². The van der Waals surface area contributed by atoms with Crippen molar-refractivity contribution in [2.24, 2.45) is 0 Å². The number of nitrogens with one attached hydrogen (secondary N) is 1. The maximum Gasteiger partial charge on any atom is 0.256 e. The summed E-state index contributed by atoms with van der Waals surface area (Å²) >= 11 is 0. The Morgan fingerprint density at radius 1 is 1.19 bits per heavy atom. The molecule has 0 radical (unpaired) electrons. The molecule has 1 aliphatic heterocycles. The predicted octanol–water partition coefficient (Wildman–Crippen LogP) is 2.84. The topological polar surface area (TPSA) is 52.6 Å². The molecule has 2 fully saturated rings. The van der Waals surface area contributed by atoms with E-state index in [2.05, 4.69) is 23.2 Å². The van der Waals surface area contributed by atoms with Crippen LogP contribution in [0.2, 0.25) is 0 Å². The van der Waals surface area contributed by atoms with Gasteiger partial charge >= 0.3 is 0 Å². The molecule has 4 heteroatoms. The molecule has 0 unspecified atom stereocenters. The van der Waals surface area contributed by atoms with Crippen LogP contribution in [0.25, 0.3) is 0 Å². The van der Waals surface area contributed by atoms with E-state index < -0.39 is 5.60 Å². The van der Waals surface area contributed by atoms with Crippen molar-refractivity contribution >= 4 is 17.3 Å². The van der Waals surface area contributed by atoms with Gasteiger partial charge in [-0.1, -0.05) is 0 Å². The molecule has 114 valence electrons. The van der Waals surface area contributed by atoms with Crippen molar-refractivity contribution in [3.63, 3.8) is 0 Å². The summed E-state index contributed by atoms with van der Waals surface area (Å²) in [7, 11) is 0. The van der Waals surface area contributed by atoms with Gasteiger partial charge < -0.3 is 15.3 Å². The second kappa shape index (κ2) is 5.68. The van der Waals surface area contributed by atoms with Crippen molar-refractivity contribution in [3.05, 3.63) is 23.8 Å². The number of carbonyl (C=O) groups is 1. The molecule has 0 aromatic heterocycles. The Labute approximate surface area is 126 Å². The Hall–Kier alpha value is -1.55. The zero-order valence-corrected chi connectivity index (χ0v) is 12.7. The Morgan fingerprint density at radius 3 is 2.48 bits per heavy atom. The smallest absolute Gasteiger partial charge is 0.256 e. The molecule has 0 bridgehead atoms. The molecule has 0 atom stereocenters. The molecule has 1 aromatic carbocycles. The third-order valence-electron chi connectivity index (χ3n) is 4.75. The van der Waals surface area contributed by atoms with Gasteiger partial charge in [0, 0.05) is 24.5 Å². The fraction of sp³-hybridized carbons (Fsp3) is 0.588. The number of rotatable bonds is 3. The van der Waals surface area contributed by atoms with Crippen molar-refractivity contribution in [1.29, 1.82) is 0 Å². The number of hydrogen-bond donors (Lipinski definition) is 2. The van der Waals surface area contributed by atoms with Crippen LogP contribution in [0.1, 0.15) is 44.1 Å². The molecule has 1 amide bonds. The van der Waals surface area contributed by atoms with Gasteiger partial charge in [0.15, 0.2) is 0 Å². The molecule has 0 spiro atoms. The van der Waals surface area contributed by atoms with Crippen molar-refractivity contribution < 1.29 is 9.90 Å². The number of benzene rings is 1. The van der Waals surface area contributed by atoms with Crippen molar-refractivity contribution in [1.82, 2.24) is 0 Å². The predicted molar refractivity (Wildman–Crippen MR) is 84.7 cm³/mol. The van der Waals surface area contributed by atoms with Gasteiger partial charge in [-0.3, -0.25) is 4.79 Å². The fourth-order valence-electron chi connectivity index (χ4n) is 3.48. The zero-order chi connectivity index (χ0) is 14.9. The summed E-state index contributed by atoms with van der Waals surface area (Å²) in [5, 5.41) is 13.2. The van der Waals surface area contributed by atoms with E-state index in [0.29, 0.717) is 12.8 Å². The summed E-state index contributed by atoms with van der Waals surface area (Å²) in [6, 6.07) is 6.02. The van der Waals surface area contributed by atoms with E-state index in [1.807, 2.05) is 12.1 Å². The monoisotopic (exact) mass is 288 g/mol. The van der Waals surface area contributed by atoms with Crippen LogP contribution in [0.5, 0.6) is 0 Å². The molecule has 1 aromatic rings. The highest BCUT2D eigenvalue weighted by molar-refractivity contribution is 5.97. The minimum absolute atomic E-state index is 0.256. The van der Waals surface area contributed by atoms with Gasteiger partial charge in [-0.25, -0.2) is 0 Å². The lowest BCUT2D eigenvalue weighted by Crippen LogP contribution is -2.40. The Kier molecular flexibility index (Phi) is 3.89. The van der Waals surface area contributed by atoms with Crippen molar-refractivity contribution in [2.45, 2.75) is 51.0 Å². The fourth-order valence-corrected chi connectivity index (χ4v) is 3.48. The Balaban J connectivity index is 1.71. The van der Waals surface area contributed by atoms with Crippen molar-refractivity contribution in [2.75, 3.05) is 23.3 Å². The van der Waals surface area contributed by atoms with Crippen molar-refractivity contribution in [3.8, 4) is 0 Å². The highest BCUT2D eigenvalue weighted by Gasteiger charge is 2.38. The summed E-state index contributed by atoms with van der Waals surface area (Å²) in [5.74, 6) is -0.256. The molecule has 4 nitrogen and oxygen atoms in total. The maximum atomic E-state index is 12.2. The standard InChI is InChI=1S/C17H24N2O2/c1-13-12-14(6-7-15(13)19-10-4-5-11-19)18-16(20)17(21)8-2-3-9-17/h6-7,12,21H,2-5,8-11H2,1H3,(H,18,20). The number of carbonyl (C=O) groups excluding carboxylic acids is 1. The van der Waals surface area contributed by atoms with E-state index in [-0.39, 0.29) is 5.91 Å². The van der Waals surface area contributed by atoms with E-state index in [4.69, 9.17) is 0 Å². The average Bonchev–Trinajstić information content (AvgIpc) is 3.11. The number of aryl methyl sites for hydroxylation is 1. The third kappa shape index (κ3) is 2.91. The molecular weight excluding hydrogens is 264 g/mol. The molecule has 21 heavy (non-hydrogen) atoms. The van der Waals surface area contributed by atoms with E-state index in [1.165, 1.54) is 24.1 Å². The molecular formula is C17H24N2O2. The minimum Gasteiger partial charge on any atom is -0.380 e. The molecule has 2 aliphatic rings. The molecule has 1 saturated carbocycles. The first-order chi connectivity index (χ1) is 10.1. The minimum atomic E-state index is -1.17. The van der Waals surface area contributed by atoms with Gasteiger partial charge in [-0.2, -0.15) is 0 Å². The summed E-state index contributed by atoms with van der Waals surface area (Å²) in [5.41, 5.74) is 2.04. The lowest BCUT2D eigenvalue weighted by Gasteiger charge is -2.23. The van der Waals surface area contributed by atoms with Gasteiger partial charge in [0.1, 0.15) is 5.60 Å². The second-order valence-corrected chi connectivity index (χ2v) is 6.39. The maximum absolute atomic E-state index is 12.2. The summed E-state index contributed by atoms with van der Waals surface area (Å²) in [4.78, 5) is 14.6. The highest BCUT2D eigenvalue weighted by Crippen LogP contribution is 2.31. The molecule has 3 rings (SSSR count). The molecule has 1 heterocycles. The quantitative estimate of drug-likeness (QED) is 0.899. The lowest BCUT2D eigenvalue weighted by molar-refractivity contribution is -0.133. The third-order valence-corrected chi connectivity index (χ3v) is 4.75. The number of nitrogens with zero attached hydrogens (tertiary/aromatic N) is 1. The van der Waals surface area contributed by atoms with Crippen LogP contribution in [0, 0.1) is 6.92 Å². The van der Waals surface area contributed by atoms with E-state index in [9.17, 15) is 9.90 Å². The lowest BCUT2D eigenvalue weighted by atomic mass is 10.0. The second-order valence-electron chi connectivity index (χ2n) is 6.39. The van der Waals surface area contributed by atoms with Gasteiger partial charge in [0.2, 0.25) is 0 Å². The van der Waals surface area contributed by atoms with E-state index in [0.717, 1.165) is 31.6 Å². The van der Waals surface area contributed by atoms with Gasteiger partial charge in [-0.05, 0) is 69.2 Å². The molecule has 1 saturated heterocycles. The number of aliphatic hydroxyl groups is 1. The first-order valence-corrected chi connectivity index (χ1v) is 7.98. The first-order valence-electron chi connectivity index (χ1n) is 7.98. The van der Waals surface area contributed by atoms with Gasteiger partial charge in [-0.15, -0.1) is 0 Å². The summed E-state index contributed by atoms with van der Waals surface area (Å²) in [6.45, 7) is 4.31. The van der Waals surface area contributed by atoms with Crippen LogP contribution in [0.15, 0.2) is 18.2 Å². The Bertz CT molecular complexity index is 530. The number of anilines is 2. The number of amides is 1. The van der Waals surface area contributed by atoms with Crippen LogP contribution in [-0.2, 0) is 4.79 Å². The summed E-state index contributed by atoms with van der Waals surface area (Å²) in [6.07, 6.45) is 5.51. The van der Waals surface area contributed by atoms with Crippen LogP contribution in [-0.4, -0.2) is 29.7 Å². The van der Waals surface area contributed by atoms with Crippen LogP contribution in [0.4, 0.5) is 11.4 Å². The summed E-state index contributed by atoms with van der Waals surface area (Å²) < 4.78 is 0. The largest absolute Gasteiger partial charge is 0.380 e. The normalized spacial score (nSPS) is 20.8. The van der Waals surface area contributed by atoms with Gasteiger partial charge in [0.25, 0.3) is 5.91 Å². The average molecular weight is 288 g/mol. The number of hydrogen-bond acceptors (Lipinski definition) is 3. The zero-order valence-electron chi connectivity index (χ0n) is 12.7. The molecule has 2 N–H and O–H groups in total. The van der Waals surface area contributed by atoms with E-state index in [1.54, 1.807) is 0 Å². The van der Waals surface area contributed by atoms with E-state index >= 15 is 0 Å². The molecule has 1 aliphatic carbocycles. The Morgan fingerprint density at radius 2 is 1.86 bits per heavy atom.